The monoisotopic (exact) mass is 842 g/mol. The Kier molecular flexibility index (Phi) is 10.9. The van der Waals surface area contributed by atoms with Crippen molar-refractivity contribution in [1.82, 2.24) is 19.9 Å². The summed E-state index contributed by atoms with van der Waals surface area (Å²) in [6, 6.07) is 88.9. The van der Waals surface area contributed by atoms with Crippen molar-refractivity contribution < 1.29 is 0 Å². The summed E-state index contributed by atoms with van der Waals surface area (Å²) in [6.45, 7) is 0. The smallest absolute Gasteiger partial charge is 0.164 e. The SMILES string of the molecule is c1ccc(-c2ccc(-c3nc(-c4ccccc4)nc(-c4cccc(-c5cccc(-c6c(-c7ccccc7)c(-c7ccccc7)nc(-c7ccccc7)c6-c6ccccc6)c5)c4)n3)cc2)cc1. The van der Waals surface area contributed by atoms with Crippen LogP contribution in [0.3, 0.4) is 0 Å². The van der Waals surface area contributed by atoms with E-state index in [1.807, 2.05) is 36.4 Å². The fourth-order valence-corrected chi connectivity index (χ4v) is 8.74. The average molecular weight is 843 g/mol. The molecule has 0 fully saturated rings. The molecule has 4 nitrogen and oxygen atoms in total. The Morgan fingerprint density at radius 3 is 0.909 bits per heavy atom. The normalized spacial score (nSPS) is 11.0. The fraction of sp³-hybridized carbons (Fsp3) is 0. The number of aromatic nitrogens is 4. The van der Waals surface area contributed by atoms with Crippen molar-refractivity contribution in [2.75, 3.05) is 0 Å². The molecule has 0 saturated heterocycles. The molecule has 0 aliphatic rings. The van der Waals surface area contributed by atoms with E-state index >= 15 is 0 Å². The first-order valence-electron chi connectivity index (χ1n) is 22.2. The van der Waals surface area contributed by atoms with Crippen LogP contribution in [0.5, 0.6) is 0 Å². The number of pyridine rings is 1. The van der Waals surface area contributed by atoms with E-state index in [0.717, 1.165) is 94.8 Å². The van der Waals surface area contributed by atoms with Crippen molar-refractivity contribution in [1.29, 1.82) is 0 Å². The van der Waals surface area contributed by atoms with Crippen LogP contribution in [-0.2, 0) is 0 Å². The highest BCUT2D eigenvalue weighted by Crippen LogP contribution is 2.49. The average Bonchev–Trinajstić information content (AvgIpc) is 3.41. The molecule has 66 heavy (non-hydrogen) atoms. The van der Waals surface area contributed by atoms with Gasteiger partial charge in [-0.15, -0.1) is 0 Å². The molecular formula is C62H42N4. The highest BCUT2D eigenvalue weighted by Gasteiger charge is 2.25. The van der Waals surface area contributed by atoms with Crippen molar-refractivity contribution in [3.63, 3.8) is 0 Å². The molecule has 310 valence electrons. The van der Waals surface area contributed by atoms with E-state index < -0.39 is 0 Å². The van der Waals surface area contributed by atoms with E-state index in [-0.39, 0.29) is 0 Å². The van der Waals surface area contributed by atoms with Crippen molar-refractivity contribution >= 4 is 0 Å². The number of rotatable bonds is 10. The third-order valence-corrected chi connectivity index (χ3v) is 11.9. The highest BCUT2D eigenvalue weighted by atomic mass is 15.0. The standard InChI is InChI=1S/C62H42N4/c1-7-21-43(22-8-1)44-37-39-50(40-38-44)61-64-60(49-31-17-6-18-32-49)65-62(66-61)54-36-20-34-52(42-54)51-33-19-35-53(41-51)55-56(45-23-9-2-10-24-45)58(47-27-13-4-14-28-47)63-59(48-29-15-5-16-30-48)57(55)46-25-11-3-12-26-46/h1-42H. The molecule has 9 aromatic carbocycles. The molecule has 0 unspecified atom stereocenters. The molecule has 2 aromatic heterocycles. The highest BCUT2D eigenvalue weighted by molar-refractivity contribution is 6.05. The van der Waals surface area contributed by atoms with E-state index in [1.54, 1.807) is 0 Å². The number of hydrogen-bond donors (Lipinski definition) is 0. The van der Waals surface area contributed by atoms with Gasteiger partial charge in [-0.3, -0.25) is 0 Å². The van der Waals surface area contributed by atoms with Crippen LogP contribution in [0.4, 0.5) is 0 Å². The number of benzene rings is 9. The maximum Gasteiger partial charge on any atom is 0.164 e. The third-order valence-electron chi connectivity index (χ3n) is 11.9. The van der Waals surface area contributed by atoms with Crippen LogP contribution >= 0.6 is 0 Å². The zero-order valence-corrected chi connectivity index (χ0v) is 36.0. The zero-order chi connectivity index (χ0) is 44.1. The largest absolute Gasteiger partial charge is 0.246 e. The van der Waals surface area contributed by atoms with Gasteiger partial charge in [0.1, 0.15) is 0 Å². The van der Waals surface area contributed by atoms with Crippen molar-refractivity contribution in [3.05, 3.63) is 255 Å². The minimum Gasteiger partial charge on any atom is -0.246 e. The van der Waals surface area contributed by atoms with E-state index in [0.29, 0.717) is 17.5 Å². The van der Waals surface area contributed by atoms with Crippen LogP contribution in [0.2, 0.25) is 0 Å². The first-order valence-corrected chi connectivity index (χ1v) is 22.2. The van der Waals surface area contributed by atoms with E-state index in [2.05, 4.69) is 218 Å². The third kappa shape index (κ3) is 8.11. The molecule has 11 rings (SSSR count). The molecule has 0 radical (unpaired) electrons. The Morgan fingerprint density at radius 2 is 0.455 bits per heavy atom. The van der Waals surface area contributed by atoms with Gasteiger partial charge in [0.25, 0.3) is 0 Å². The van der Waals surface area contributed by atoms with Crippen LogP contribution < -0.4 is 0 Å². The maximum absolute atomic E-state index is 5.63. The van der Waals surface area contributed by atoms with Gasteiger partial charge in [0.15, 0.2) is 17.5 Å². The van der Waals surface area contributed by atoms with Gasteiger partial charge in [-0.1, -0.05) is 243 Å². The van der Waals surface area contributed by atoms with Crippen LogP contribution in [-0.4, -0.2) is 19.9 Å². The van der Waals surface area contributed by atoms with Gasteiger partial charge in [0, 0.05) is 44.5 Å². The minimum atomic E-state index is 0.607. The Bertz CT molecular complexity index is 3310. The second kappa shape index (κ2) is 18.1. The maximum atomic E-state index is 5.63. The van der Waals surface area contributed by atoms with Gasteiger partial charge >= 0.3 is 0 Å². The van der Waals surface area contributed by atoms with Gasteiger partial charge in [-0.2, -0.15) is 0 Å². The number of hydrogen-bond acceptors (Lipinski definition) is 4. The second-order valence-corrected chi connectivity index (χ2v) is 16.2. The summed E-state index contributed by atoms with van der Waals surface area (Å²) in [5.41, 5.74) is 17.7. The van der Waals surface area contributed by atoms with Gasteiger partial charge in [0.05, 0.1) is 11.4 Å². The van der Waals surface area contributed by atoms with E-state index in [4.69, 9.17) is 19.9 Å². The molecule has 0 aliphatic heterocycles. The molecule has 0 amide bonds. The predicted molar refractivity (Wildman–Crippen MR) is 272 cm³/mol. The van der Waals surface area contributed by atoms with Crippen LogP contribution in [0.15, 0.2) is 255 Å². The fourth-order valence-electron chi connectivity index (χ4n) is 8.74. The lowest BCUT2D eigenvalue weighted by Gasteiger charge is -2.23. The van der Waals surface area contributed by atoms with Crippen LogP contribution in [0.1, 0.15) is 0 Å². The van der Waals surface area contributed by atoms with Gasteiger partial charge < -0.3 is 0 Å². The molecular weight excluding hydrogens is 801 g/mol. The predicted octanol–water partition coefficient (Wildman–Crippen LogP) is 15.9. The van der Waals surface area contributed by atoms with Crippen LogP contribution in [0.25, 0.3) is 112 Å². The summed E-state index contributed by atoms with van der Waals surface area (Å²) in [6.07, 6.45) is 0. The molecule has 0 bridgehead atoms. The molecule has 0 aliphatic carbocycles. The van der Waals surface area contributed by atoms with Gasteiger partial charge in [-0.05, 0) is 51.1 Å². The lowest BCUT2D eigenvalue weighted by atomic mass is 9.82. The lowest BCUT2D eigenvalue weighted by Crippen LogP contribution is -2.01. The zero-order valence-electron chi connectivity index (χ0n) is 36.0. The van der Waals surface area contributed by atoms with Crippen molar-refractivity contribution in [2.24, 2.45) is 0 Å². The molecule has 0 saturated carbocycles. The molecule has 4 heteroatoms. The molecule has 2 heterocycles. The summed E-state index contributed by atoms with van der Waals surface area (Å²) in [5, 5.41) is 0. The van der Waals surface area contributed by atoms with Crippen molar-refractivity contribution in [2.45, 2.75) is 0 Å². The van der Waals surface area contributed by atoms with Gasteiger partial charge in [0.2, 0.25) is 0 Å². The summed E-state index contributed by atoms with van der Waals surface area (Å²) in [5.74, 6) is 1.85. The Hall–Kier alpha value is -8.86. The lowest BCUT2D eigenvalue weighted by molar-refractivity contribution is 1.07. The first-order chi connectivity index (χ1) is 32.7. The summed E-state index contributed by atoms with van der Waals surface area (Å²) in [7, 11) is 0. The quantitative estimate of drug-likeness (QED) is 0.138. The molecule has 11 aromatic rings. The Labute approximate surface area is 385 Å². The van der Waals surface area contributed by atoms with Gasteiger partial charge in [-0.25, -0.2) is 19.9 Å². The van der Waals surface area contributed by atoms with Crippen LogP contribution in [0, 0.1) is 0 Å². The summed E-state index contributed by atoms with van der Waals surface area (Å²) < 4.78 is 0. The van der Waals surface area contributed by atoms with E-state index in [9.17, 15) is 0 Å². The number of nitrogens with zero attached hydrogens (tertiary/aromatic N) is 4. The first kappa shape index (κ1) is 40.0. The Morgan fingerprint density at radius 1 is 0.167 bits per heavy atom. The molecule has 0 atom stereocenters. The molecule has 0 spiro atoms. The second-order valence-electron chi connectivity index (χ2n) is 16.2. The van der Waals surface area contributed by atoms with E-state index in [1.165, 1.54) is 0 Å². The summed E-state index contributed by atoms with van der Waals surface area (Å²) >= 11 is 0. The minimum absolute atomic E-state index is 0.607. The molecule has 0 N–H and O–H groups in total. The van der Waals surface area contributed by atoms with Crippen molar-refractivity contribution in [3.8, 4) is 112 Å². The summed E-state index contributed by atoms with van der Waals surface area (Å²) in [4.78, 5) is 20.9. The Balaban J connectivity index is 1.09. The topological polar surface area (TPSA) is 51.6 Å².